The summed E-state index contributed by atoms with van der Waals surface area (Å²) >= 11 is 1.86. The van der Waals surface area contributed by atoms with Crippen LogP contribution in [0, 0.1) is 0 Å². The Hall–Kier alpha value is -2.24. The van der Waals surface area contributed by atoms with Crippen LogP contribution in [0.2, 0.25) is 0 Å². The Kier molecular flexibility index (Phi) is 5.00. The van der Waals surface area contributed by atoms with Crippen molar-refractivity contribution in [3.63, 3.8) is 0 Å². The van der Waals surface area contributed by atoms with Crippen LogP contribution in [0.4, 0.5) is 4.79 Å². The molecule has 26 heavy (non-hydrogen) atoms. The number of carboxylic acid groups (broad SMARTS) is 1. The molecule has 2 heterocycles. The molecule has 134 valence electrons. The highest BCUT2D eigenvalue weighted by molar-refractivity contribution is 7.99. The second-order valence-electron chi connectivity index (χ2n) is 6.65. The topological polar surface area (TPSA) is 52.6 Å². The first-order valence-electron chi connectivity index (χ1n) is 9.00. The smallest absolute Gasteiger partial charge is 0.404 e. The van der Waals surface area contributed by atoms with Crippen molar-refractivity contribution in [1.29, 1.82) is 0 Å². The van der Waals surface area contributed by atoms with Gasteiger partial charge in [-0.15, -0.1) is 0 Å². The van der Waals surface area contributed by atoms with Crippen LogP contribution in [-0.4, -0.2) is 42.3 Å². The Bertz CT molecular complexity index is 805. The minimum Gasteiger partial charge on any atom is -0.465 e. The Morgan fingerprint density at radius 1 is 1.00 bits per heavy atom. The Labute approximate surface area is 157 Å². The van der Waals surface area contributed by atoms with E-state index in [1.807, 2.05) is 11.8 Å². The van der Waals surface area contributed by atoms with Crippen LogP contribution >= 0.6 is 11.8 Å². The van der Waals surface area contributed by atoms with E-state index in [0.717, 1.165) is 32.5 Å². The van der Waals surface area contributed by atoms with E-state index in [1.165, 1.54) is 32.1 Å². The fourth-order valence-electron chi connectivity index (χ4n) is 3.79. The van der Waals surface area contributed by atoms with E-state index in [-0.39, 0.29) is 0 Å². The SMILES string of the molecule is O=C(O)NCCN1CCC(=C2c3ccccc3Sc3ccccc32)CC1. The van der Waals surface area contributed by atoms with Gasteiger partial charge < -0.3 is 15.3 Å². The van der Waals surface area contributed by atoms with Gasteiger partial charge >= 0.3 is 6.09 Å². The quantitative estimate of drug-likeness (QED) is 0.725. The average molecular weight is 366 g/mol. The summed E-state index contributed by atoms with van der Waals surface area (Å²) < 4.78 is 0. The molecule has 0 atom stereocenters. The first-order chi connectivity index (χ1) is 12.7. The van der Waals surface area contributed by atoms with Crippen LogP contribution in [-0.2, 0) is 0 Å². The monoisotopic (exact) mass is 366 g/mol. The van der Waals surface area contributed by atoms with Gasteiger partial charge in [-0.2, -0.15) is 0 Å². The van der Waals surface area contributed by atoms with Crippen LogP contribution in [0.25, 0.3) is 5.57 Å². The number of benzene rings is 2. The maximum Gasteiger partial charge on any atom is 0.404 e. The van der Waals surface area contributed by atoms with E-state index >= 15 is 0 Å². The molecule has 0 radical (unpaired) electrons. The zero-order chi connectivity index (χ0) is 17.9. The Morgan fingerprint density at radius 3 is 2.15 bits per heavy atom. The van der Waals surface area contributed by atoms with Crippen molar-refractivity contribution in [1.82, 2.24) is 10.2 Å². The van der Waals surface area contributed by atoms with E-state index in [2.05, 4.69) is 58.7 Å². The predicted molar refractivity (Wildman–Crippen MR) is 105 cm³/mol. The number of hydrogen-bond donors (Lipinski definition) is 2. The van der Waals surface area contributed by atoms with Gasteiger partial charge in [0.05, 0.1) is 0 Å². The minimum absolute atomic E-state index is 0.490. The number of amides is 1. The molecule has 0 aliphatic carbocycles. The van der Waals surface area contributed by atoms with Gasteiger partial charge in [-0.3, -0.25) is 0 Å². The van der Waals surface area contributed by atoms with Gasteiger partial charge in [0.15, 0.2) is 0 Å². The molecular formula is C21H22N2O2S. The second-order valence-corrected chi connectivity index (χ2v) is 7.73. The van der Waals surface area contributed by atoms with E-state index in [1.54, 1.807) is 0 Å². The summed E-state index contributed by atoms with van der Waals surface area (Å²) in [6.07, 6.45) is 1.13. The maximum absolute atomic E-state index is 10.6. The molecule has 0 bridgehead atoms. The second kappa shape index (κ2) is 7.56. The van der Waals surface area contributed by atoms with Gasteiger partial charge in [-0.1, -0.05) is 53.7 Å². The molecule has 0 saturated carbocycles. The molecule has 0 aromatic heterocycles. The van der Waals surface area contributed by atoms with Crippen LogP contribution in [0.5, 0.6) is 0 Å². The standard InChI is InChI=1S/C21H22N2O2S/c24-21(25)22-11-14-23-12-9-15(10-13-23)20-16-5-1-3-7-18(16)26-19-8-4-2-6-17(19)20/h1-8,22H,9-14H2,(H,24,25). The highest BCUT2D eigenvalue weighted by atomic mass is 32.2. The summed E-state index contributed by atoms with van der Waals surface area (Å²) in [5, 5.41) is 11.2. The van der Waals surface area contributed by atoms with Gasteiger partial charge in [0.1, 0.15) is 0 Å². The van der Waals surface area contributed by atoms with Crippen molar-refractivity contribution in [2.24, 2.45) is 0 Å². The highest BCUT2D eigenvalue weighted by Gasteiger charge is 2.25. The third kappa shape index (κ3) is 3.50. The average Bonchev–Trinajstić information content (AvgIpc) is 2.66. The number of hydrogen-bond acceptors (Lipinski definition) is 3. The normalized spacial score (nSPS) is 16.8. The van der Waals surface area contributed by atoms with Crippen molar-refractivity contribution in [2.45, 2.75) is 22.6 Å². The number of fused-ring (bicyclic) bond motifs is 2. The maximum atomic E-state index is 10.6. The summed E-state index contributed by atoms with van der Waals surface area (Å²) in [5.74, 6) is 0. The minimum atomic E-state index is -0.947. The molecule has 4 rings (SSSR count). The van der Waals surface area contributed by atoms with Gasteiger partial charge in [0.2, 0.25) is 0 Å². The predicted octanol–water partition coefficient (Wildman–Crippen LogP) is 4.32. The first kappa shape index (κ1) is 17.2. The van der Waals surface area contributed by atoms with E-state index in [4.69, 9.17) is 5.11 Å². The van der Waals surface area contributed by atoms with Gasteiger partial charge in [0, 0.05) is 36.0 Å². The van der Waals surface area contributed by atoms with Crippen molar-refractivity contribution < 1.29 is 9.90 Å². The third-order valence-electron chi connectivity index (χ3n) is 5.05. The molecule has 1 saturated heterocycles. The highest BCUT2D eigenvalue weighted by Crippen LogP contribution is 2.47. The van der Waals surface area contributed by atoms with Crippen molar-refractivity contribution >= 4 is 23.4 Å². The van der Waals surface area contributed by atoms with Crippen molar-refractivity contribution in [2.75, 3.05) is 26.2 Å². The van der Waals surface area contributed by atoms with Gasteiger partial charge in [-0.05, 0) is 41.7 Å². The number of likely N-dealkylation sites (tertiary alicyclic amines) is 1. The van der Waals surface area contributed by atoms with E-state index in [0.29, 0.717) is 6.54 Å². The molecule has 1 amide bonds. The lowest BCUT2D eigenvalue weighted by molar-refractivity contribution is 0.190. The molecule has 2 aromatic carbocycles. The van der Waals surface area contributed by atoms with Crippen LogP contribution in [0.3, 0.4) is 0 Å². The fraction of sp³-hybridized carbons (Fsp3) is 0.286. The molecule has 2 aliphatic heterocycles. The lowest BCUT2D eigenvalue weighted by Gasteiger charge is -2.32. The molecule has 2 aliphatic rings. The van der Waals surface area contributed by atoms with E-state index < -0.39 is 6.09 Å². The van der Waals surface area contributed by atoms with Gasteiger partial charge in [0.25, 0.3) is 0 Å². The molecule has 2 aromatic rings. The van der Waals surface area contributed by atoms with Gasteiger partial charge in [-0.25, -0.2) is 4.79 Å². The van der Waals surface area contributed by atoms with E-state index in [9.17, 15) is 4.79 Å². The summed E-state index contributed by atoms with van der Waals surface area (Å²) in [7, 11) is 0. The van der Waals surface area contributed by atoms with Crippen LogP contribution in [0.15, 0.2) is 63.9 Å². The lowest BCUT2D eigenvalue weighted by Crippen LogP contribution is -2.37. The fourth-order valence-corrected chi connectivity index (χ4v) is 4.88. The van der Waals surface area contributed by atoms with Crippen molar-refractivity contribution in [3.8, 4) is 0 Å². The molecule has 5 heteroatoms. The summed E-state index contributed by atoms with van der Waals surface area (Å²) in [6.45, 7) is 3.23. The number of piperidine rings is 1. The number of nitrogens with one attached hydrogen (secondary N) is 1. The zero-order valence-electron chi connectivity index (χ0n) is 14.6. The largest absolute Gasteiger partial charge is 0.465 e. The molecule has 2 N–H and O–H groups in total. The lowest BCUT2D eigenvalue weighted by atomic mass is 9.88. The Morgan fingerprint density at radius 2 is 1.58 bits per heavy atom. The third-order valence-corrected chi connectivity index (χ3v) is 6.20. The first-order valence-corrected chi connectivity index (χ1v) is 9.82. The molecule has 0 unspecified atom stereocenters. The number of rotatable bonds is 3. The summed E-state index contributed by atoms with van der Waals surface area (Å²) in [4.78, 5) is 15.6. The zero-order valence-corrected chi connectivity index (χ0v) is 15.4. The van der Waals surface area contributed by atoms with Crippen molar-refractivity contribution in [3.05, 3.63) is 65.2 Å². The van der Waals surface area contributed by atoms with Crippen LogP contribution < -0.4 is 5.32 Å². The summed E-state index contributed by atoms with van der Waals surface area (Å²) in [5.41, 5.74) is 5.64. The molecule has 4 nitrogen and oxygen atoms in total. The summed E-state index contributed by atoms with van der Waals surface area (Å²) in [6, 6.07) is 17.4. The molecule has 1 fully saturated rings. The van der Waals surface area contributed by atoms with Crippen LogP contribution in [0.1, 0.15) is 24.0 Å². The molecular weight excluding hydrogens is 344 g/mol. The number of nitrogens with zero attached hydrogens (tertiary/aromatic N) is 1. The Balaban J connectivity index is 1.59. The number of carbonyl (C=O) groups is 1. The molecule has 0 spiro atoms.